The van der Waals surface area contributed by atoms with Gasteiger partial charge in [0, 0.05) is 33.2 Å². The Morgan fingerprint density at radius 1 is 1.14 bits per heavy atom. The fourth-order valence-corrected chi connectivity index (χ4v) is 3.78. The second kappa shape index (κ2) is 8.61. The van der Waals surface area contributed by atoms with Gasteiger partial charge in [-0.1, -0.05) is 17.8 Å². The summed E-state index contributed by atoms with van der Waals surface area (Å²) in [4.78, 5) is 16.4. The Morgan fingerprint density at radius 2 is 1.93 bits per heavy atom. The lowest BCUT2D eigenvalue weighted by Gasteiger charge is -2.34. The summed E-state index contributed by atoms with van der Waals surface area (Å²) < 4.78 is 16.6. The highest BCUT2D eigenvalue weighted by Gasteiger charge is 2.23. The molecule has 2 aromatic heterocycles. The van der Waals surface area contributed by atoms with Crippen molar-refractivity contribution in [2.24, 2.45) is 7.05 Å². The number of rotatable bonds is 6. The molecule has 29 heavy (non-hydrogen) atoms. The predicted octanol–water partition coefficient (Wildman–Crippen LogP) is -0.239. The van der Waals surface area contributed by atoms with Crippen molar-refractivity contribution >= 4 is 17.7 Å². The van der Waals surface area contributed by atoms with Crippen molar-refractivity contribution in [3.05, 3.63) is 35.9 Å². The van der Waals surface area contributed by atoms with Crippen LogP contribution in [-0.2, 0) is 18.4 Å². The molecule has 1 fully saturated rings. The molecule has 1 amide bonds. The minimum absolute atomic E-state index is 0.0576. The van der Waals surface area contributed by atoms with Crippen LogP contribution in [0.15, 0.2) is 29.4 Å². The molecule has 11 nitrogen and oxygen atoms in total. The summed E-state index contributed by atoms with van der Waals surface area (Å²) in [5.74, 6) is 0.639. The number of amides is 1. The number of thioether (sulfide) groups is 1. The molecule has 0 radical (unpaired) electrons. The Balaban J connectivity index is 1.30. The molecular weight excluding hydrogens is 399 g/mol. The van der Waals surface area contributed by atoms with E-state index < -0.39 is 0 Å². The number of carbonyl (C=O) groups is 1. The number of hydrogen-bond acceptors (Lipinski definition) is 9. The normalized spacial score (nSPS) is 15.0. The zero-order valence-corrected chi connectivity index (χ0v) is 16.5. The third kappa shape index (κ3) is 4.56. The van der Waals surface area contributed by atoms with E-state index in [1.165, 1.54) is 28.6 Å². The molecule has 0 bridgehead atoms. The van der Waals surface area contributed by atoms with E-state index in [0.29, 0.717) is 55.1 Å². The van der Waals surface area contributed by atoms with Crippen molar-refractivity contribution in [3.63, 3.8) is 0 Å². The lowest BCUT2D eigenvalue weighted by molar-refractivity contribution is -0.130. The van der Waals surface area contributed by atoms with Gasteiger partial charge >= 0.3 is 0 Å². The van der Waals surface area contributed by atoms with Gasteiger partial charge in [0.15, 0.2) is 5.82 Å². The maximum atomic E-state index is 13.5. The molecule has 1 aromatic carbocycles. The molecule has 1 saturated heterocycles. The first kappa shape index (κ1) is 19.4. The highest BCUT2D eigenvalue weighted by molar-refractivity contribution is 7.99. The largest absolute Gasteiger partial charge is 0.339 e. The number of piperazine rings is 1. The van der Waals surface area contributed by atoms with E-state index in [-0.39, 0.29) is 11.7 Å². The molecule has 152 valence electrons. The van der Waals surface area contributed by atoms with Crippen LogP contribution in [0.2, 0.25) is 0 Å². The smallest absolute Gasteiger partial charge is 0.233 e. The molecule has 3 heterocycles. The number of hydrogen-bond donors (Lipinski definition) is 0. The Labute approximate surface area is 169 Å². The van der Waals surface area contributed by atoms with E-state index in [9.17, 15) is 9.18 Å². The molecule has 0 saturated carbocycles. The standard InChI is InChI=1S/C16H19FN10OS/c1-24-16(19-21-22-24)29-11-15(28)26-7-5-25(6-8-26)10-14-18-20-23-27(14)13-4-2-3-12(17)9-13/h2-4,9H,5-8,10-11H2,1H3. The van der Waals surface area contributed by atoms with Crippen LogP contribution in [0.1, 0.15) is 5.82 Å². The summed E-state index contributed by atoms with van der Waals surface area (Å²) in [6, 6.07) is 6.14. The fraction of sp³-hybridized carbons (Fsp3) is 0.438. The average Bonchev–Trinajstić information content (AvgIpc) is 3.35. The first-order valence-electron chi connectivity index (χ1n) is 8.98. The molecule has 1 aliphatic rings. The summed E-state index contributed by atoms with van der Waals surface area (Å²) in [6.07, 6.45) is 0. The molecule has 13 heteroatoms. The van der Waals surface area contributed by atoms with Gasteiger partial charge in [-0.25, -0.2) is 9.07 Å². The number of carbonyl (C=O) groups excluding carboxylic acids is 1. The SMILES string of the molecule is Cn1nnnc1SCC(=O)N1CCN(Cc2nnnn2-c2cccc(F)c2)CC1. The van der Waals surface area contributed by atoms with Crippen LogP contribution in [-0.4, -0.2) is 88.1 Å². The summed E-state index contributed by atoms with van der Waals surface area (Å²) in [5, 5.41) is 23.6. The molecule has 0 aliphatic carbocycles. The fourth-order valence-electron chi connectivity index (χ4n) is 3.03. The third-order valence-corrected chi connectivity index (χ3v) is 5.58. The van der Waals surface area contributed by atoms with Crippen molar-refractivity contribution in [2.75, 3.05) is 31.9 Å². The summed E-state index contributed by atoms with van der Waals surface area (Å²) in [6.45, 7) is 3.18. The van der Waals surface area contributed by atoms with Crippen LogP contribution in [0, 0.1) is 5.82 Å². The Morgan fingerprint density at radius 3 is 2.66 bits per heavy atom. The second-order valence-electron chi connectivity index (χ2n) is 6.52. The van der Waals surface area contributed by atoms with Crippen LogP contribution in [0.3, 0.4) is 0 Å². The van der Waals surface area contributed by atoms with Crippen LogP contribution in [0.5, 0.6) is 0 Å². The zero-order chi connectivity index (χ0) is 20.2. The van der Waals surface area contributed by atoms with E-state index in [0.717, 1.165) is 0 Å². The number of halogens is 1. The summed E-state index contributed by atoms with van der Waals surface area (Å²) >= 11 is 1.32. The van der Waals surface area contributed by atoms with Gasteiger partial charge in [-0.15, -0.1) is 10.2 Å². The lowest BCUT2D eigenvalue weighted by Crippen LogP contribution is -2.49. The predicted molar refractivity (Wildman–Crippen MR) is 100 cm³/mol. The van der Waals surface area contributed by atoms with Gasteiger partial charge in [0.2, 0.25) is 11.1 Å². The highest BCUT2D eigenvalue weighted by atomic mass is 32.2. The minimum atomic E-state index is -0.342. The molecule has 1 aliphatic heterocycles. The Hall–Kier alpha value is -2.93. The van der Waals surface area contributed by atoms with Gasteiger partial charge in [-0.3, -0.25) is 9.69 Å². The van der Waals surface area contributed by atoms with Crippen LogP contribution in [0.4, 0.5) is 4.39 Å². The van der Waals surface area contributed by atoms with Crippen molar-refractivity contribution in [3.8, 4) is 5.69 Å². The quantitative estimate of drug-likeness (QED) is 0.501. The molecule has 0 atom stereocenters. The monoisotopic (exact) mass is 418 g/mol. The number of tetrazole rings is 2. The molecule has 0 spiro atoms. The Bertz CT molecular complexity index is 984. The zero-order valence-electron chi connectivity index (χ0n) is 15.7. The van der Waals surface area contributed by atoms with Crippen LogP contribution < -0.4 is 0 Å². The van der Waals surface area contributed by atoms with Gasteiger partial charge in [0.25, 0.3) is 0 Å². The van der Waals surface area contributed by atoms with Crippen molar-refractivity contribution in [1.82, 2.24) is 50.2 Å². The third-order valence-electron chi connectivity index (χ3n) is 4.58. The topological polar surface area (TPSA) is 111 Å². The average molecular weight is 418 g/mol. The van der Waals surface area contributed by atoms with Gasteiger partial charge in [0.05, 0.1) is 18.0 Å². The Kier molecular flexibility index (Phi) is 5.76. The molecule has 0 N–H and O–H groups in total. The van der Waals surface area contributed by atoms with Gasteiger partial charge in [0.1, 0.15) is 5.82 Å². The van der Waals surface area contributed by atoms with Gasteiger partial charge < -0.3 is 4.90 Å². The molecule has 0 unspecified atom stereocenters. The first-order valence-corrected chi connectivity index (χ1v) is 9.97. The van der Waals surface area contributed by atoms with Crippen LogP contribution in [0.25, 0.3) is 5.69 Å². The van der Waals surface area contributed by atoms with Crippen molar-refractivity contribution in [2.45, 2.75) is 11.7 Å². The summed E-state index contributed by atoms with van der Waals surface area (Å²) in [7, 11) is 1.74. The maximum Gasteiger partial charge on any atom is 0.233 e. The number of aromatic nitrogens is 8. The number of benzene rings is 1. The van der Waals surface area contributed by atoms with E-state index >= 15 is 0 Å². The van der Waals surface area contributed by atoms with E-state index in [2.05, 4.69) is 36.0 Å². The molecule has 4 rings (SSSR count). The maximum absolute atomic E-state index is 13.5. The van der Waals surface area contributed by atoms with Crippen LogP contribution >= 0.6 is 11.8 Å². The number of aryl methyl sites for hydroxylation is 1. The van der Waals surface area contributed by atoms with E-state index in [4.69, 9.17) is 0 Å². The van der Waals surface area contributed by atoms with Crippen molar-refractivity contribution < 1.29 is 9.18 Å². The van der Waals surface area contributed by atoms with E-state index in [1.54, 1.807) is 23.9 Å². The molecule has 3 aromatic rings. The number of nitrogens with zero attached hydrogens (tertiary/aromatic N) is 10. The minimum Gasteiger partial charge on any atom is -0.339 e. The highest BCUT2D eigenvalue weighted by Crippen LogP contribution is 2.15. The van der Waals surface area contributed by atoms with Crippen molar-refractivity contribution in [1.29, 1.82) is 0 Å². The van der Waals surface area contributed by atoms with Gasteiger partial charge in [-0.05, 0) is 39.1 Å². The lowest BCUT2D eigenvalue weighted by atomic mass is 10.3. The van der Waals surface area contributed by atoms with E-state index in [1.807, 2.05) is 4.90 Å². The van der Waals surface area contributed by atoms with Gasteiger partial charge in [-0.2, -0.15) is 4.68 Å². The first-order chi connectivity index (χ1) is 14.1. The second-order valence-corrected chi connectivity index (χ2v) is 7.46. The molecular formula is C16H19FN10OS. The summed E-state index contributed by atoms with van der Waals surface area (Å²) in [5.41, 5.74) is 0.578.